The predicted octanol–water partition coefficient (Wildman–Crippen LogP) is 5.24. The fraction of sp³-hybridized carbons (Fsp3) is 0.480. The zero-order chi connectivity index (χ0) is 20.6. The number of ether oxygens (including phenoxy) is 2. The molecule has 1 saturated heterocycles. The van der Waals surface area contributed by atoms with Crippen LogP contribution in [0.2, 0.25) is 0 Å². The van der Waals surface area contributed by atoms with Crippen molar-refractivity contribution in [3.8, 4) is 0 Å². The molecule has 2 atom stereocenters. The number of carbonyl (C=O) groups excluding carboxylic acids is 1. The highest BCUT2D eigenvalue weighted by molar-refractivity contribution is 5.59. The molecule has 1 N–H and O–H groups in total. The Morgan fingerprint density at radius 2 is 1.48 bits per heavy atom. The van der Waals surface area contributed by atoms with Crippen molar-refractivity contribution in [3.05, 3.63) is 70.8 Å². The van der Waals surface area contributed by atoms with Gasteiger partial charge in [-0.1, -0.05) is 75.2 Å². The van der Waals surface area contributed by atoms with Crippen molar-refractivity contribution >= 4 is 6.16 Å². The Morgan fingerprint density at radius 1 is 0.966 bits per heavy atom. The summed E-state index contributed by atoms with van der Waals surface area (Å²) in [6, 6.07) is 18.2. The first kappa shape index (κ1) is 21.4. The zero-order valence-corrected chi connectivity index (χ0v) is 17.8. The van der Waals surface area contributed by atoms with E-state index in [-0.39, 0.29) is 18.1 Å². The third kappa shape index (κ3) is 5.60. The largest absolute Gasteiger partial charge is 0.508 e. The van der Waals surface area contributed by atoms with Crippen LogP contribution in [0.4, 0.5) is 4.79 Å². The second-order valence-corrected chi connectivity index (χ2v) is 7.91. The van der Waals surface area contributed by atoms with E-state index < -0.39 is 6.16 Å². The first-order chi connectivity index (χ1) is 14.1. The Kier molecular flexibility index (Phi) is 7.70. The molecule has 2 aromatic rings. The van der Waals surface area contributed by atoms with E-state index in [1.54, 1.807) is 0 Å². The van der Waals surface area contributed by atoms with E-state index in [0.29, 0.717) is 6.54 Å². The average Bonchev–Trinajstić information content (AvgIpc) is 3.19. The van der Waals surface area contributed by atoms with Crippen molar-refractivity contribution in [1.29, 1.82) is 0 Å². The Hall–Kier alpha value is -2.33. The first-order valence-corrected chi connectivity index (χ1v) is 10.8. The molecule has 0 bridgehead atoms. The maximum atomic E-state index is 11.5. The highest BCUT2D eigenvalue weighted by Gasteiger charge is 2.34. The molecule has 1 fully saturated rings. The lowest BCUT2D eigenvalue weighted by Crippen LogP contribution is -2.29. The van der Waals surface area contributed by atoms with Crippen LogP contribution in [-0.2, 0) is 22.3 Å². The molecule has 156 valence electrons. The minimum atomic E-state index is -0.609. The molecular weight excluding hydrogens is 362 g/mol. The van der Waals surface area contributed by atoms with E-state index in [1.807, 2.05) is 0 Å². The van der Waals surface area contributed by atoms with Gasteiger partial charge in [-0.3, -0.25) is 0 Å². The molecule has 4 nitrogen and oxygen atoms in total. The Balaban J connectivity index is 1.84. The lowest BCUT2D eigenvalue weighted by molar-refractivity contribution is 0.0430. The van der Waals surface area contributed by atoms with E-state index in [2.05, 4.69) is 72.4 Å². The molecule has 1 aliphatic heterocycles. The number of hydrogen-bond donors (Lipinski definition) is 1. The molecule has 0 aromatic heterocycles. The number of rotatable bonds is 8. The second kappa shape index (κ2) is 10.4. The summed E-state index contributed by atoms with van der Waals surface area (Å²) in [6.45, 7) is 5.06. The van der Waals surface area contributed by atoms with Crippen molar-refractivity contribution in [2.24, 2.45) is 0 Å². The number of aryl methyl sites for hydroxylation is 2. The summed E-state index contributed by atoms with van der Waals surface area (Å²) in [5.41, 5.74) is 5.34. The number of nitrogens with one attached hydrogen (secondary N) is 1. The number of benzene rings is 2. The molecule has 0 amide bonds. The normalized spacial score (nSPS) is 18.8. The molecule has 1 heterocycles. The van der Waals surface area contributed by atoms with E-state index in [0.717, 1.165) is 32.1 Å². The molecule has 3 rings (SSSR count). The molecule has 2 aromatic carbocycles. The maximum Gasteiger partial charge on any atom is 0.508 e. The van der Waals surface area contributed by atoms with Gasteiger partial charge in [-0.15, -0.1) is 0 Å². The summed E-state index contributed by atoms with van der Waals surface area (Å²) < 4.78 is 10.1. The van der Waals surface area contributed by atoms with Crippen LogP contribution in [0.5, 0.6) is 0 Å². The number of carbonyl (C=O) groups is 1. The van der Waals surface area contributed by atoms with Crippen LogP contribution in [0.3, 0.4) is 0 Å². The van der Waals surface area contributed by atoms with E-state index in [4.69, 9.17) is 4.74 Å². The minimum Gasteiger partial charge on any atom is -0.438 e. The van der Waals surface area contributed by atoms with Gasteiger partial charge >= 0.3 is 6.16 Å². The lowest BCUT2D eigenvalue weighted by atomic mass is 9.83. The topological polar surface area (TPSA) is 47.6 Å². The fourth-order valence-electron chi connectivity index (χ4n) is 4.28. The molecular formula is C25H33NO3. The van der Waals surface area contributed by atoms with Gasteiger partial charge < -0.3 is 14.8 Å². The molecule has 0 spiro atoms. The molecule has 0 aliphatic carbocycles. The van der Waals surface area contributed by atoms with Gasteiger partial charge in [-0.25, -0.2) is 4.79 Å². The molecule has 1 aliphatic rings. The molecule has 0 radical (unpaired) electrons. The molecule has 2 unspecified atom stereocenters. The minimum absolute atomic E-state index is 0.159. The van der Waals surface area contributed by atoms with Gasteiger partial charge in [0.1, 0.15) is 6.10 Å². The highest BCUT2D eigenvalue weighted by Crippen LogP contribution is 2.33. The van der Waals surface area contributed by atoms with Gasteiger partial charge in [-0.2, -0.15) is 0 Å². The second-order valence-electron chi connectivity index (χ2n) is 7.91. The van der Waals surface area contributed by atoms with Crippen molar-refractivity contribution in [3.63, 3.8) is 0 Å². The summed E-state index contributed by atoms with van der Waals surface area (Å²) >= 11 is 0. The van der Waals surface area contributed by atoms with Crippen LogP contribution in [0.1, 0.15) is 61.3 Å². The number of methoxy groups -OCH3 is 1. The van der Waals surface area contributed by atoms with Crippen molar-refractivity contribution in [2.45, 2.75) is 64.0 Å². The van der Waals surface area contributed by atoms with Crippen LogP contribution < -0.4 is 5.32 Å². The summed E-state index contributed by atoms with van der Waals surface area (Å²) in [5.74, 6) is 0.215. The first-order valence-electron chi connectivity index (χ1n) is 10.8. The van der Waals surface area contributed by atoms with Crippen LogP contribution in [0.25, 0.3) is 0 Å². The third-order valence-corrected chi connectivity index (χ3v) is 5.71. The van der Waals surface area contributed by atoms with Crippen molar-refractivity contribution < 1.29 is 14.3 Å². The lowest BCUT2D eigenvalue weighted by Gasteiger charge is -2.25. The van der Waals surface area contributed by atoms with Crippen molar-refractivity contribution in [1.82, 2.24) is 5.32 Å². The Bertz CT molecular complexity index is 720. The van der Waals surface area contributed by atoms with Gasteiger partial charge in [0.05, 0.1) is 7.11 Å². The fourth-order valence-corrected chi connectivity index (χ4v) is 4.28. The van der Waals surface area contributed by atoms with Crippen LogP contribution in [0.15, 0.2) is 48.5 Å². The van der Waals surface area contributed by atoms with Crippen LogP contribution in [-0.4, -0.2) is 32.0 Å². The Morgan fingerprint density at radius 3 is 1.93 bits per heavy atom. The van der Waals surface area contributed by atoms with Gasteiger partial charge in [-0.05, 0) is 35.1 Å². The average molecular weight is 396 g/mol. The van der Waals surface area contributed by atoms with E-state index >= 15 is 0 Å². The Labute approximate surface area is 174 Å². The summed E-state index contributed by atoms with van der Waals surface area (Å²) in [6.07, 6.45) is 4.51. The SMILES string of the molecule is CCCc1ccc(C(c2ccc(CCC)cc2)C2CC(OC(=O)OC)CN2)cc1. The third-order valence-electron chi connectivity index (χ3n) is 5.71. The quantitative estimate of drug-likeness (QED) is 0.621. The van der Waals surface area contributed by atoms with Gasteiger partial charge in [0.25, 0.3) is 0 Å². The van der Waals surface area contributed by atoms with Gasteiger partial charge in [0.15, 0.2) is 0 Å². The zero-order valence-electron chi connectivity index (χ0n) is 17.8. The van der Waals surface area contributed by atoms with Crippen molar-refractivity contribution in [2.75, 3.05) is 13.7 Å². The monoisotopic (exact) mass is 395 g/mol. The molecule has 0 saturated carbocycles. The predicted molar refractivity (Wildman–Crippen MR) is 116 cm³/mol. The van der Waals surface area contributed by atoms with Crippen LogP contribution >= 0.6 is 0 Å². The van der Waals surface area contributed by atoms with Gasteiger partial charge in [0, 0.05) is 24.9 Å². The molecule has 29 heavy (non-hydrogen) atoms. The number of hydrogen-bond acceptors (Lipinski definition) is 4. The summed E-state index contributed by atoms with van der Waals surface area (Å²) in [4.78, 5) is 11.5. The smallest absolute Gasteiger partial charge is 0.438 e. The van der Waals surface area contributed by atoms with Crippen LogP contribution in [0, 0.1) is 0 Å². The standard InChI is InChI=1S/C25H33NO3/c1-4-6-18-8-12-20(13-9-18)24(21-14-10-19(7-5-2)11-15-21)23-16-22(17-26-23)29-25(27)28-3/h8-15,22-24,26H,4-7,16-17H2,1-3H3. The van der Waals surface area contributed by atoms with E-state index in [1.165, 1.54) is 29.4 Å². The molecule has 4 heteroatoms. The highest BCUT2D eigenvalue weighted by atomic mass is 16.7. The van der Waals surface area contributed by atoms with E-state index in [9.17, 15) is 4.79 Å². The summed E-state index contributed by atoms with van der Waals surface area (Å²) in [5, 5.41) is 3.58. The summed E-state index contributed by atoms with van der Waals surface area (Å²) in [7, 11) is 1.35. The maximum absolute atomic E-state index is 11.5. The van der Waals surface area contributed by atoms with Gasteiger partial charge in [0.2, 0.25) is 0 Å².